The lowest BCUT2D eigenvalue weighted by Crippen LogP contribution is -2.45. The first-order chi connectivity index (χ1) is 11.3. The van der Waals surface area contributed by atoms with Crippen molar-refractivity contribution in [2.45, 2.75) is 57.7 Å². The first kappa shape index (κ1) is 16.7. The van der Waals surface area contributed by atoms with Gasteiger partial charge in [-0.05, 0) is 63.3 Å². The van der Waals surface area contributed by atoms with Crippen molar-refractivity contribution in [1.29, 1.82) is 0 Å². The average molecular weight is 331 g/mol. The summed E-state index contributed by atoms with van der Waals surface area (Å²) >= 11 is 0. The second kappa shape index (κ2) is 6.04. The van der Waals surface area contributed by atoms with E-state index in [4.69, 9.17) is 4.74 Å². The van der Waals surface area contributed by atoms with Crippen LogP contribution < -0.4 is 0 Å². The lowest BCUT2D eigenvalue weighted by Gasteiger charge is -2.35. The van der Waals surface area contributed by atoms with Crippen LogP contribution in [0.4, 0.5) is 9.18 Å². The normalized spacial score (nSPS) is 23.0. The minimum atomic E-state index is -0.520. The lowest BCUT2D eigenvalue weighted by atomic mass is 9.94. The van der Waals surface area contributed by atoms with E-state index in [1.807, 2.05) is 31.7 Å². The van der Waals surface area contributed by atoms with Crippen LogP contribution in [-0.2, 0) is 4.74 Å². The number of ether oxygens (including phenoxy) is 1. The fourth-order valence-electron chi connectivity index (χ4n) is 3.47. The summed E-state index contributed by atoms with van der Waals surface area (Å²) in [6, 6.07) is 4.74. The maximum Gasteiger partial charge on any atom is 0.411 e. The maximum absolute atomic E-state index is 13.9. The molecule has 0 aliphatic carbocycles. The van der Waals surface area contributed by atoms with Gasteiger partial charge in [-0.3, -0.25) is 9.69 Å². The van der Waals surface area contributed by atoms with E-state index in [1.54, 1.807) is 6.07 Å². The van der Waals surface area contributed by atoms with Crippen molar-refractivity contribution in [3.8, 4) is 0 Å². The third-order valence-corrected chi connectivity index (χ3v) is 4.50. The molecule has 1 aromatic rings. The molecule has 0 radical (unpaired) electrons. The summed E-state index contributed by atoms with van der Waals surface area (Å²) < 4.78 is 19.4. The van der Waals surface area contributed by atoms with Crippen LogP contribution in [0.1, 0.15) is 56.0 Å². The Morgan fingerprint density at radius 1 is 1.33 bits per heavy atom. The molecule has 2 unspecified atom stereocenters. The van der Waals surface area contributed by atoms with Crippen LogP contribution in [0.15, 0.2) is 24.3 Å². The van der Waals surface area contributed by atoms with E-state index >= 15 is 0 Å². The van der Waals surface area contributed by atoms with Crippen LogP contribution in [0.25, 0.3) is 5.57 Å². The zero-order chi connectivity index (χ0) is 17.5. The molecule has 0 aromatic heterocycles. The van der Waals surface area contributed by atoms with Crippen LogP contribution in [0, 0.1) is 5.82 Å². The molecule has 2 bridgehead atoms. The Bertz CT molecular complexity index is 705. The first-order valence-electron chi connectivity index (χ1n) is 8.25. The largest absolute Gasteiger partial charge is 0.444 e. The third kappa shape index (κ3) is 3.21. The number of carbonyl (C=O) groups excluding carboxylic acids is 2. The number of halogens is 1. The molecule has 0 N–H and O–H groups in total. The molecule has 3 rings (SSSR count). The Kier molecular flexibility index (Phi) is 4.20. The number of nitrogens with zero attached hydrogens (tertiary/aromatic N) is 1. The molecule has 4 nitrogen and oxygen atoms in total. The zero-order valence-electron chi connectivity index (χ0n) is 14.2. The van der Waals surface area contributed by atoms with Crippen molar-refractivity contribution < 1.29 is 18.7 Å². The number of aldehydes is 1. The average Bonchev–Trinajstić information content (AvgIpc) is 2.76. The molecule has 0 spiro atoms. The molecular formula is C19H22FNO3. The number of fused-ring (bicyclic) bond motifs is 2. The molecule has 128 valence electrons. The minimum Gasteiger partial charge on any atom is -0.444 e. The molecule has 1 amide bonds. The highest BCUT2D eigenvalue weighted by atomic mass is 19.1. The third-order valence-electron chi connectivity index (χ3n) is 4.50. The Hall–Kier alpha value is -2.17. The Morgan fingerprint density at radius 2 is 2.08 bits per heavy atom. The van der Waals surface area contributed by atoms with E-state index in [-0.39, 0.29) is 23.7 Å². The van der Waals surface area contributed by atoms with E-state index in [2.05, 4.69) is 0 Å². The van der Waals surface area contributed by atoms with Crippen LogP contribution >= 0.6 is 0 Å². The van der Waals surface area contributed by atoms with Crippen molar-refractivity contribution in [1.82, 2.24) is 4.90 Å². The summed E-state index contributed by atoms with van der Waals surface area (Å²) in [6.07, 6.45) is 4.75. The summed E-state index contributed by atoms with van der Waals surface area (Å²) in [7, 11) is 0. The smallest absolute Gasteiger partial charge is 0.411 e. The Labute approximate surface area is 141 Å². The van der Waals surface area contributed by atoms with Crippen molar-refractivity contribution in [2.24, 2.45) is 0 Å². The van der Waals surface area contributed by atoms with Crippen molar-refractivity contribution in [2.75, 3.05) is 0 Å². The summed E-state index contributed by atoms with van der Waals surface area (Å²) in [6.45, 7) is 5.57. The molecule has 1 fully saturated rings. The highest BCUT2D eigenvalue weighted by Gasteiger charge is 2.41. The van der Waals surface area contributed by atoms with Gasteiger partial charge in [-0.2, -0.15) is 0 Å². The van der Waals surface area contributed by atoms with E-state index in [0.717, 1.165) is 24.0 Å². The number of hydrogen-bond acceptors (Lipinski definition) is 3. The fourth-order valence-corrected chi connectivity index (χ4v) is 3.47. The van der Waals surface area contributed by atoms with Crippen LogP contribution in [-0.4, -0.2) is 35.0 Å². The molecular weight excluding hydrogens is 309 g/mol. The van der Waals surface area contributed by atoms with Crippen molar-refractivity contribution in [3.05, 3.63) is 41.2 Å². The Balaban J connectivity index is 1.83. The van der Waals surface area contributed by atoms with Gasteiger partial charge in [-0.15, -0.1) is 0 Å². The quantitative estimate of drug-likeness (QED) is 0.763. The van der Waals surface area contributed by atoms with Gasteiger partial charge in [0.15, 0.2) is 6.29 Å². The van der Waals surface area contributed by atoms with Crippen molar-refractivity contribution >= 4 is 18.0 Å². The van der Waals surface area contributed by atoms with Crippen LogP contribution in [0.2, 0.25) is 0 Å². The minimum absolute atomic E-state index is 0.0117. The summed E-state index contributed by atoms with van der Waals surface area (Å²) in [5.41, 5.74) is 1.35. The molecule has 2 heterocycles. The van der Waals surface area contributed by atoms with Gasteiger partial charge >= 0.3 is 6.09 Å². The van der Waals surface area contributed by atoms with E-state index < -0.39 is 11.4 Å². The topological polar surface area (TPSA) is 46.6 Å². The van der Waals surface area contributed by atoms with Crippen LogP contribution in [0.3, 0.4) is 0 Å². The molecule has 0 saturated carbocycles. The van der Waals surface area contributed by atoms with Gasteiger partial charge in [-0.25, -0.2) is 9.18 Å². The number of benzene rings is 1. The second-order valence-corrected chi connectivity index (χ2v) is 7.44. The maximum atomic E-state index is 13.9. The summed E-state index contributed by atoms with van der Waals surface area (Å²) in [4.78, 5) is 25.0. The second-order valence-electron chi connectivity index (χ2n) is 7.44. The van der Waals surface area contributed by atoms with Gasteiger partial charge in [0.25, 0.3) is 0 Å². The highest BCUT2D eigenvalue weighted by molar-refractivity contribution is 5.78. The molecule has 2 aliphatic heterocycles. The summed E-state index contributed by atoms with van der Waals surface area (Å²) in [5, 5.41) is 0. The lowest BCUT2D eigenvalue weighted by molar-refractivity contribution is 0.0175. The SMILES string of the molecule is CC(C)(C)OC(=O)N1C2C=C(c3ccc(C=O)c(F)c3)CC1CC2. The number of carbonyl (C=O) groups is 2. The van der Waals surface area contributed by atoms with Gasteiger partial charge < -0.3 is 4.74 Å². The molecule has 24 heavy (non-hydrogen) atoms. The van der Waals surface area contributed by atoms with Crippen LogP contribution in [0.5, 0.6) is 0 Å². The molecule has 1 saturated heterocycles. The molecule has 2 atom stereocenters. The highest BCUT2D eigenvalue weighted by Crippen LogP contribution is 2.39. The number of rotatable bonds is 2. The van der Waals surface area contributed by atoms with E-state index in [9.17, 15) is 14.0 Å². The molecule has 2 aliphatic rings. The molecule has 5 heteroatoms. The number of hydrogen-bond donors (Lipinski definition) is 0. The molecule has 1 aromatic carbocycles. The predicted molar refractivity (Wildman–Crippen MR) is 89.3 cm³/mol. The summed E-state index contributed by atoms with van der Waals surface area (Å²) in [5.74, 6) is -0.509. The van der Waals surface area contributed by atoms with E-state index in [0.29, 0.717) is 12.7 Å². The van der Waals surface area contributed by atoms with Crippen molar-refractivity contribution in [3.63, 3.8) is 0 Å². The van der Waals surface area contributed by atoms with Gasteiger partial charge in [-0.1, -0.05) is 12.1 Å². The monoisotopic (exact) mass is 331 g/mol. The van der Waals surface area contributed by atoms with Gasteiger partial charge in [0.2, 0.25) is 0 Å². The predicted octanol–water partition coefficient (Wildman–Crippen LogP) is 4.19. The zero-order valence-corrected chi connectivity index (χ0v) is 14.2. The van der Waals surface area contributed by atoms with Gasteiger partial charge in [0.05, 0.1) is 11.6 Å². The Morgan fingerprint density at radius 3 is 2.67 bits per heavy atom. The fraction of sp³-hybridized carbons (Fsp3) is 0.474. The first-order valence-corrected chi connectivity index (χ1v) is 8.25. The van der Waals surface area contributed by atoms with E-state index in [1.165, 1.54) is 12.1 Å². The van der Waals surface area contributed by atoms with Gasteiger partial charge in [0.1, 0.15) is 11.4 Å². The van der Waals surface area contributed by atoms with Gasteiger partial charge in [0, 0.05) is 6.04 Å². The number of amides is 1. The standard InChI is InChI=1S/C19H22FNO3/c1-19(2,3)24-18(23)21-15-6-7-16(21)9-14(8-15)12-4-5-13(11-22)17(20)10-12/h4-5,8,10-11,15-16H,6-7,9H2,1-3H3.